The minimum Gasteiger partial charge on any atom is -0.494 e. The highest BCUT2D eigenvalue weighted by Crippen LogP contribution is 2.39. The number of benzene rings is 2. The second kappa shape index (κ2) is 6.90. The molecule has 0 aliphatic carbocycles. The molecule has 2 heterocycles. The minimum atomic E-state index is -0.128. The van der Waals surface area contributed by atoms with E-state index in [1.165, 1.54) is 22.7 Å². The molecule has 0 aliphatic rings. The van der Waals surface area contributed by atoms with Crippen LogP contribution in [0.3, 0.4) is 0 Å². The normalized spacial score (nSPS) is 10.8. The molecule has 0 spiro atoms. The van der Waals surface area contributed by atoms with Gasteiger partial charge in [0, 0.05) is 5.56 Å². The predicted molar refractivity (Wildman–Crippen MR) is 109 cm³/mol. The Balaban J connectivity index is 1.78. The smallest absolute Gasteiger partial charge is 0.267 e. The van der Waals surface area contributed by atoms with Crippen molar-refractivity contribution >= 4 is 43.9 Å². The Hall–Kier alpha value is -2.70. The first kappa shape index (κ1) is 16.8. The summed E-state index contributed by atoms with van der Waals surface area (Å²) in [5, 5.41) is 5.41. The van der Waals surface area contributed by atoms with E-state index in [4.69, 9.17) is 4.74 Å². The Labute approximate surface area is 159 Å². The molecule has 0 fully saturated rings. The molecule has 4 nitrogen and oxygen atoms in total. The molecule has 1 N–H and O–H groups in total. The van der Waals surface area contributed by atoms with Crippen LogP contribution >= 0.6 is 22.7 Å². The molecule has 2 aromatic heterocycles. The van der Waals surface area contributed by atoms with Crippen LogP contribution in [0, 0.1) is 6.92 Å². The number of aromatic nitrogens is 1. The number of amides is 1. The maximum Gasteiger partial charge on any atom is 0.267 e. The van der Waals surface area contributed by atoms with Crippen LogP contribution < -0.4 is 10.1 Å². The van der Waals surface area contributed by atoms with Crippen LogP contribution in [0.5, 0.6) is 5.75 Å². The van der Waals surface area contributed by atoms with E-state index in [1.807, 2.05) is 48.7 Å². The molecular formula is C20H16N2O2S2. The van der Waals surface area contributed by atoms with Crippen molar-refractivity contribution in [3.8, 4) is 16.9 Å². The van der Waals surface area contributed by atoms with Crippen molar-refractivity contribution in [3.63, 3.8) is 0 Å². The van der Waals surface area contributed by atoms with E-state index in [0.717, 1.165) is 26.9 Å². The molecule has 0 saturated carbocycles. The standard InChI is InChI=1S/C20H16N2O2S2/c1-12-10-11-25-17(12)19(23)22-20-21-16-15(24-2)9-8-14(18(16)26-20)13-6-4-3-5-7-13/h3-11H,1-2H3,(H,21,22,23). The highest BCUT2D eigenvalue weighted by atomic mass is 32.1. The van der Waals surface area contributed by atoms with E-state index < -0.39 is 0 Å². The van der Waals surface area contributed by atoms with Gasteiger partial charge in [0.05, 0.1) is 16.7 Å². The third-order valence-corrected chi connectivity index (χ3v) is 6.12. The van der Waals surface area contributed by atoms with Crippen molar-refractivity contribution < 1.29 is 9.53 Å². The molecule has 130 valence electrons. The number of carbonyl (C=O) groups is 1. The number of carbonyl (C=O) groups excluding carboxylic acids is 1. The van der Waals surface area contributed by atoms with E-state index in [0.29, 0.717) is 15.8 Å². The topological polar surface area (TPSA) is 51.2 Å². The number of nitrogens with zero attached hydrogens (tertiary/aromatic N) is 1. The van der Waals surface area contributed by atoms with Crippen LogP contribution in [0.25, 0.3) is 21.3 Å². The second-order valence-corrected chi connectivity index (χ2v) is 7.68. The Kier molecular flexibility index (Phi) is 4.44. The van der Waals surface area contributed by atoms with Gasteiger partial charge in [-0.05, 0) is 41.6 Å². The Morgan fingerprint density at radius 2 is 1.92 bits per heavy atom. The van der Waals surface area contributed by atoms with E-state index in [2.05, 4.69) is 22.4 Å². The Morgan fingerprint density at radius 3 is 2.62 bits per heavy atom. The molecule has 0 aliphatic heterocycles. The van der Waals surface area contributed by atoms with Crippen molar-refractivity contribution in [3.05, 3.63) is 64.4 Å². The number of methoxy groups -OCH3 is 1. The van der Waals surface area contributed by atoms with Gasteiger partial charge in [0.25, 0.3) is 5.91 Å². The average Bonchev–Trinajstić information content (AvgIpc) is 3.27. The lowest BCUT2D eigenvalue weighted by molar-refractivity contribution is 0.103. The molecule has 0 radical (unpaired) electrons. The van der Waals surface area contributed by atoms with Crippen LogP contribution in [0.15, 0.2) is 53.9 Å². The van der Waals surface area contributed by atoms with Gasteiger partial charge >= 0.3 is 0 Å². The Bertz CT molecular complexity index is 1080. The number of aryl methyl sites for hydroxylation is 1. The predicted octanol–water partition coefficient (Wildman–Crippen LogP) is 5.59. The van der Waals surface area contributed by atoms with Crippen molar-refractivity contribution in [1.82, 2.24) is 4.98 Å². The SMILES string of the molecule is COc1ccc(-c2ccccc2)c2sc(NC(=O)c3sccc3C)nc12. The summed E-state index contributed by atoms with van der Waals surface area (Å²) in [7, 11) is 1.63. The van der Waals surface area contributed by atoms with Crippen molar-refractivity contribution in [2.75, 3.05) is 12.4 Å². The zero-order valence-corrected chi connectivity index (χ0v) is 15.9. The number of ether oxygens (including phenoxy) is 1. The number of anilines is 1. The summed E-state index contributed by atoms with van der Waals surface area (Å²) in [5.74, 6) is 0.570. The monoisotopic (exact) mass is 380 g/mol. The summed E-state index contributed by atoms with van der Waals surface area (Å²) in [6.07, 6.45) is 0. The quantitative estimate of drug-likeness (QED) is 0.502. The van der Waals surface area contributed by atoms with Crippen LogP contribution in [0.4, 0.5) is 5.13 Å². The van der Waals surface area contributed by atoms with Crippen molar-refractivity contribution in [2.24, 2.45) is 0 Å². The molecule has 6 heteroatoms. The number of fused-ring (bicyclic) bond motifs is 1. The summed E-state index contributed by atoms with van der Waals surface area (Å²) >= 11 is 2.89. The van der Waals surface area contributed by atoms with Gasteiger partial charge in [-0.1, -0.05) is 41.7 Å². The maximum absolute atomic E-state index is 12.5. The lowest BCUT2D eigenvalue weighted by Gasteiger charge is -2.05. The fourth-order valence-electron chi connectivity index (χ4n) is 2.81. The third kappa shape index (κ3) is 2.98. The van der Waals surface area contributed by atoms with Gasteiger partial charge < -0.3 is 4.74 Å². The van der Waals surface area contributed by atoms with Crippen LogP contribution in [0.1, 0.15) is 15.2 Å². The lowest BCUT2D eigenvalue weighted by Crippen LogP contribution is -2.10. The van der Waals surface area contributed by atoms with Gasteiger partial charge in [-0.3, -0.25) is 10.1 Å². The average molecular weight is 380 g/mol. The number of nitrogens with one attached hydrogen (secondary N) is 1. The summed E-state index contributed by atoms with van der Waals surface area (Å²) in [6, 6.07) is 16.0. The number of rotatable bonds is 4. The van der Waals surface area contributed by atoms with Crippen molar-refractivity contribution in [1.29, 1.82) is 0 Å². The fraction of sp³-hybridized carbons (Fsp3) is 0.100. The van der Waals surface area contributed by atoms with Crippen molar-refractivity contribution in [2.45, 2.75) is 6.92 Å². The first-order valence-electron chi connectivity index (χ1n) is 8.06. The first-order valence-corrected chi connectivity index (χ1v) is 9.75. The van der Waals surface area contributed by atoms with E-state index in [-0.39, 0.29) is 5.91 Å². The van der Waals surface area contributed by atoms with E-state index in [1.54, 1.807) is 7.11 Å². The Morgan fingerprint density at radius 1 is 1.12 bits per heavy atom. The zero-order chi connectivity index (χ0) is 18.1. The van der Waals surface area contributed by atoms with Gasteiger partial charge in [-0.25, -0.2) is 4.98 Å². The highest BCUT2D eigenvalue weighted by Gasteiger charge is 2.17. The first-order chi connectivity index (χ1) is 12.7. The van der Waals surface area contributed by atoms with Crippen LogP contribution in [0.2, 0.25) is 0 Å². The summed E-state index contributed by atoms with van der Waals surface area (Å²) < 4.78 is 6.46. The van der Waals surface area contributed by atoms with Gasteiger partial charge in [0.1, 0.15) is 11.3 Å². The molecule has 0 bridgehead atoms. The number of hydrogen-bond donors (Lipinski definition) is 1. The zero-order valence-electron chi connectivity index (χ0n) is 14.3. The van der Waals surface area contributed by atoms with Gasteiger partial charge in [-0.2, -0.15) is 0 Å². The minimum absolute atomic E-state index is 0.128. The molecule has 0 saturated heterocycles. The number of hydrogen-bond acceptors (Lipinski definition) is 5. The van der Waals surface area contributed by atoms with Crippen LogP contribution in [-0.4, -0.2) is 18.0 Å². The maximum atomic E-state index is 12.5. The van der Waals surface area contributed by atoms with Crippen LogP contribution in [-0.2, 0) is 0 Å². The lowest BCUT2D eigenvalue weighted by atomic mass is 10.1. The molecule has 1 amide bonds. The van der Waals surface area contributed by atoms with E-state index >= 15 is 0 Å². The molecule has 4 aromatic rings. The van der Waals surface area contributed by atoms with E-state index in [9.17, 15) is 4.79 Å². The number of thiophene rings is 1. The molecule has 26 heavy (non-hydrogen) atoms. The largest absolute Gasteiger partial charge is 0.494 e. The molecule has 2 aromatic carbocycles. The molecule has 0 atom stereocenters. The summed E-state index contributed by atoms with van der Waals surface area (Å²) in [5.41, 5.74) is 3.91. The van der Waals surface area contributed by atoms with Gasteiger partial charge in [-0.15, -0.1) is 11.3 Å². The third-order valence-electron chi connectivity index (χ3n) is 4.10. The molecule has 0 unspecified atom stereocenters. The molecular weight excluding hydrogens is 364 g/mol. The highest BCUT2D eigenvalue weighted by molar-refractivity contribution is 7.23. The fourth-order valence-corrected chi connectivity index (χ4v) is 4.64. The number of thiazole rings is 1. The van der Waals surface area contributed by atoms with Gasteiger partial charge in [0.2, 0.25) is 0 Å². The van der Waals surface area contributed by atoms with Gasteiger partial charge in [0.15, 0.2) is 5.13 Å². The molecule has 4 rings (SSSR count). The second-order valence-electron chi connectivity index (χ2n) is 5.77. The summed E-state index contributed by atoms with van der Waals surface area (Å²) in [4.78, 5) is 17.8. The summed E-state index contributed by atoms with van der Waals surface area (Å²) in [6.45, 7) is 1.93.